The van der Waals surface area contributed by atoms with Gasteiger partial charge in [0.1, 0.15) is 5.56 Å². The van der Waals surface area contributed by atoms with Gasteiger partial charge in [0.25, 0.3) is 0 Å². The highest BCUT2D eigenvalue weighted by Crippen LogP contribution is 2.17. The number of alkyl halides is 1. The zero-order valence-electron chi connectivity index (χ0n) is 9.67. The van der Waals surface area contributed by atoms with E-state index in [-0.39, 0.29) is 36.2 Å². The van der Waals surface area contributed by atoms with Crippen molar-refractivity contribution in [1.29, 1.82) is 0 Å². The Balaban J connectivity index is 2.86. The van der Waals surface area contributed by atoms with Crippen LogP contribution in [-0.2, 0) is 9.53 Å². The summed E-state index contributed by atoms with van der Waals surface area (Å²) in [7, 11) is 0. The number of anilines is 1. The number of carbonyl (C=O) groups excluding carboxylic acids is 2. The molecule has 0 aromatic carbocycles. The Morgan fingerprint density at radius 3 is 2.82 bits per heavy atom. The van der Waals surface area contributed by atoms with Crippen molar-refractivity contribution in [3.63, 3.8) is 0 Å². The van der Waals surface area contributed by atoms with Crippen molar-refractivity contribution in [3.8, 4) is 0 Å². The minimum absolute atomic E-state index is 0.162. The molecule has 0 unspecified atom stereocenters. The molecule has 0 fully saturated rings. The Kier molecular flexibility index (Phi) is 4.96. The lowest BCUT2D eigenvalue weighted by atomic mass is 10.2. The smallest absolute Gasteiger partial charge is 0.343 e. The van der Waals surface area contributed by atoms with Crippen molar-refractivity contribution >= 4 is 29.3 Å². The van der Waals surface area contributed by atoms with Gasteiger partial charge in [0.2, 0.25) is 5.91 Å². The summed E-state index contributed by atoms with van der Waals surface area (Å²) in [5.41, 5.74) is 0.791. The molecular weight excluding hydrogens is 246 g/mol. The van der Waals surface area contributed by atoms with Gasteiger partial charge in [-0.1, -0.05) is 0 Å². The molecule has 1 amide bonds. The van der Waals surface area contributed by atoms with Gasteiger partial charge in [-0.25, -0.2) is 4.79 Å². The maximum absolute atomic E-state index is 11.6. The predicted molar refractivity (Wildman–Crippen MR) is 63.2 cm³/mol. The molecule has 7 heteroatoms. The van der Waals surface area contributed by atoms with Crippen molar-refractivity contribution in [2.24, 2.45) is 0 Å². The lowest BCUT2D eigenvalue weighted by molar-refractivity contribution is -0.115. The number of nitrogens with one attached hydrogen (secondary N) is 2. The van der Waals surface area contributed by atoms with Crippen molar-refractivity contribution in [1.82, 2.24) is 10.2 Å². The van der Waals surface area contributed by atoms with E-state index in [1.54, 1.807) is 13.8 Å². The summed E-state index contributed by atoms with van der Waals surface area (Å²) in [6.45, 7) is 3.65. The molecule has 0 atom stereocenters. The molecular formula is C10H14ClN3O3. The van der Waals surface area contributed by atoms with Crippen molar-refractivity contribution in [2.75, 3.05) is 17.8 Å². The summed E-state index contributed by atoms with van der Waals surface area (Å²) in [5.74, 6) is -0.419. The number of halogens is 1. The van der Waals surface area contributed by atoms with Crippen molar-refractivity contribution in [3.05, 3.63) is 11.3 Å². The van der Waals surface area contributed by atoms with Gasteiger partial charge in [0.05, 0.1) is 6.61 Å². The molecule has 1 rings (SSSR count). The van der Waals surface area contributed by atoms with E-state index in [9.17, 15) is 9.59 Å². The number of esters is 1. The summed E-state index contributed by atoms with van der Waals surface area (Å²) in [6, 6.07) is 0. The molecule has 1 heterocycles. The fourth-order valence-electron chi connectivity index (χ4n) is 1.25. The van der Waals surface area contributed by atoms with Crippen LogP contribution >= 0.6 is 11.6 Å². The van der Waals surface area contributed by atoms with E-state index in [0.717, 1.165) is 0 Å². The van der Waals surface area contributed by atoms with Crippen LogP contribution in [-0.4, -0.2) is 34.6 Å². The van der Waals surface area contributed by atoms with E-state index in [4.69, 9.17) is 16.3 Å². The lowest BCUT2D eigenvalue weighted by Crippen LogP contribution is -2.15. The molecule has 0 bridgehead atoms. The van der Waals surface area contributed by atoms with E-state index >= 15 is 0 Å². The Morgan fingerprint density at radius 2 is 2.24 bits per heavy atom. The van der Waals surface area contributed by atoms with Crippen LogP contribution in [0, 0.1) is 6.92 Å². The molecule has 0 aliphatic carbocycles. The number of hydrogen-bond acceptors (Lipinski definition) is 4. The van der Waals surface area contributed by atoms with E-state index in [1.165, 1.54) is 0 Å². The van der Waals surface area contributed by atoms with Gasteiger partial charge in [0, 0.05) is 18.0 Å². The minimum atomic E-state index is -0.514. The van der Waals surface area contributed by atoms with Gasteiger partial charge in [-0.05, 0) is 13.8 Å². The molecule has 1 aromatic heterocycles. The van der Waals surface area contributed by atoms with E-state index in [2.05, 4.69) is 15.5 Å². The minimum Gasteiger partial charge on any atom is -0.462 e. The normalized spacial score (nSPS) is 10.1. The summed E-state index contributed by atoms with van der Waals surface area (Å²) >= 11 is 5.44. The van der Waals surface area contributed by atoms with Crippen LogP contribution in [0.15, 0.2) is 0 Å². The van der Waals surface area contributed by atoms with Gasteiger partial charge in [-0.15, -0.1) is 11.6 Å². The topological polar surface area (TPSA) is 84.1 Å². The molecule has 2 N–H and O–H groups in total. The average Bonchev–Trinajstić information content (AvgIpc) is 2.60. The molecule has 94 valence electrons. The fourth-order valence-corrected chi connectivity index (χ4v) is 1.42. The number of ether oxygens (including phenoxy) is 1. The average molecular weight is 260 g/mol. The number of aromatic amines is 1. The molecule has 0 saturated carbocycles. The van der Waals surface area contributed by atoms with Crippen LogP contribution in [0.25, 0.3) is 0 Å². The summed E-state index contributed by atoms with van der Waals surface area (Å²) < 4.78 is 4.87. The molecule has 6 nitrogen and oxygen atoms in total. The lowest BCUT2D eigenvalue weighted by Gasteiger charge is -2.04. The molecule has 0 aliphatic rings. The molecule has 0 radical (unpaired) electrons. The van der Waals surface area contributed by atoms with Crippen LogP contribution in [0.2, 0.25) is 0 Å². The third-order valence-corrected chi connectivity index (χ3v) is 2.20. The standard InChI is InChI=1S/C10H14ClN3O3/c1-3-17-10(16)8-6(2)13-14-9(8)12-7(15)4-5-11/h3-5H2,1-2H3,(H2,12,13,14,15). The number of hydrogen-bond donors (Lipinski definition) is 2. The predicted octanol–water partition coefficient (Wildman–Crippen LogP) is 1.46. The molecule has 0 saturated heterocycles. The highest BCUT2D eigenvalue weighted by atomic mass is 35.5. The van der Waals surface area contributed by atoms with Crippen LogP contribution in [0.3, 0.4) is 0 Å². The molecule has 0 aliphatic heterocycles. The number of aryl methyl sites for hydroxylation is 1. The number of carbonyl (C=O) groups is 2. The Morgan fingerprint density at radius 1 is 1.53 bits per heavy atom. The van der Waals surface area contributed by atoms with Crippen LogP contribution in [0.5, 0.6) is 0 Å². The molecule has 0 spiro atoms. The van der Waals surface area contributed by atoms with Gasteiger partial charge in [-0.3, -0.25) is 9.89 Å². The third-order valence-electron chi connectivity index (χ3n) is 2.01. The second-order valence-corrected chi connectivity index (χ2v) is 3.66. The second kappa shape index (κ2) is 6.24. The van der Waals surface area contributed by atoms with E-state index in [0.29, 0.717) is 5.69 Å². The van der Waals surface area contributed by atoms with Crippen molar-refractivity contribution < 1.29 is 14.3 Å². The maximum atomic E-state index is 11.6. The van der Waals surface area contributed by atoms with Crippen LogP contribution in [0.4, 0.5) is 5.82 Å². The first-order chi connectivity index (χ1) is 8.10. The molecule has 17 heavy (non-hydrogen) atoms. The summed E-state index contributed by atoms with van der Waals surface area (Å²) in [5, 5.41) is 8.97. The quantitative estimate of drug-likeness (QED) is 0.619. The third kappa shape index (κ3) is 3.45. The highest BCUT2D eigenvalue weighted by molar-refractivity contribution is 6.19. The Labute approximate surface area is 104 Å². The Hall–Kier alpha value is -1.56. The van der Waals surface area contributed by atoms with Crippen LogP contribution < -0.4 is 5.32 Å². The molecule has 1 aromatic rings. The SMILES string of the molecule is CCOC(=O)c1c(NC(=O)CCCl)n[nH]c1C. The number of H-pyrrole nitrogens is 1. The zero-order valence-corrected chi connectivity index (χ0v) is 10.4. The number of rotatable bonds is 5. The van der Waals surface area contributed by atoms with Crippen molar-refractivity contribution in [2.45, 2.75) is 20.3 Å². The van der Waals surface area contributed by atoms with Gasteiger partial charge >= 0.3 is 5.97 Å². The first-order valence-electron chi connectivity index (χ1n) is 5.18. The second-order valence-electron chi connectivity index (χ2n) is 3.28. The summed E-state index contributed by atoms with van der Waals surface area (Å²) in [6.07, 6.45) is 0.162. The van der Waals surface area contributed by atoms with Gasteiger partial charge in [-0.2, -0.15) is 5.10 Å². The van der Waals surface area contributed by atoms with E-state index < -0.39 is 5.97 Å². The first-order valence-corrected chi connectivity index (χ1v) is 5.71. The number of nitrogens with zero attached hydrogens (tertiary/aromatic N) is 1. The van der Waals surface area contributed by atoms with Crippen LogP contribution in [0.1, 0.15) is 29.4 Å². The zero-order chi connectivity index (χ0) is 12.8. The monoisotopic (exact) mass is 259 g/mol. The van der Waals surface area contributed by atoms with Gasteiger partial charge in [0.15, 0.2) is 5.82 Å². The highest BCUT2D eigenvalue weighted by Gasteiger charge is 2.20. The number of amides is 1. The fraction of sp³-hybridized carbons (Fsp3) is 0.500. The number of aromatic nitrogens is 2. The summed E-state index contributed by atoms with van der Waals surface area (Å²) in [4.78, 5) is 23.0. The first kappa shape index (κ1) is 13.5. The Bertz CT molecular complexity index is 417. The van der Waals surface area contributed by atoms with E-state index in [1.807, 2.05) is 0 Å². The maximum Gasteiger partial charge on any atom is 0.343 e. The largest absolute Gasteiger partial charge is 0.462 e. The van der Waals surface area contributed by atoms with Gasteiger partial charge < -0.3 is 10.1 Å².